The van der Waals surface area contributed by atoms with Crippen LogP contribution in [0.25, 0.3) is 0 Å². The molecule has 1 saturated heterocycles. The van der Waals surface area contributed by atoms with Crippen LogP contribution in [0.1, 0.15) is 6.42 Å². The highest BCUT2D eigenvalue weighted by molar-refractivity contribution is 7.89. The lowest BCUT2D eigenvalue weighted by Crippen LogP contribution is -2.48. The monoisotopic (exact) mass is 324 g/mol. The van der Waals surface area contributed by atoms with Crippen LogP contribution in [0.3, 0.4) is 0 Å². The molecule has 9 heteroatoms. The first-order valence-electron chi connectivity index (χ1n) is 6.79. The first-order valence-corrected chi connectivity index (χ1v) is 8.23. The van der Waals surface area contributed by atoms with E-state index < -0.39 is 14.9 Å². The molecule has 0 aliphatic carbocycles. The van der Waals surface area contributed by atoms with Crippen LogP contribution < -0.4 is 0 Å². The fourth-order valence-corrected chi connectivity index (χ4v) is 3.77. The van der Waals surface area contributed by atoms with Gasteiger partial charge in [0.05, 0.1) is 15.9 Å². The average molecular weight is 324 g/mol. The number of nitro groups is 1. The molecule has 1 fully saturated rings. The summed E-state index contributed by atoms with van der Waals surface area (Å²) in [6.07, 6.45) is 0.414. The molecule has 0 bridgehead atoms. The first kappa shape index (κ1) is 16.4. The van der Waals surface area contributed by atoms with Gasteiger partial charge in [-0.2, -0.15) is 9.57 Å². The Morgan fingerprint density at radius 3 is 2.55 bits per heavy atom. The second-order valence-corrected chi connectivity index (χ2v) is 6.85. The van der Waals surface area contributed by atoms with Gasteiger partial charge in [0, 0.05) is 51.3 Å². The third-order valence-corrected chi connectivity index (χ3v) is 5.43. The molecule has 1 aromatic rings. The van der Waals surface area contributed by atoms with E-state index in [0.717, 1.165) is 6.07 Å². The van der Waals surface area contributed by atoms with E-state index in [2.05, 4.69) is 6.07 Å². The summed E-state index contributed by atoms with van der Waals surface area (Å²) in [4.78, 5) is 12.1. The van der Waals surface area contributed by atoms with Gasteiger partial charge in [-0.15, -0.1) is 0 Å². The molecule has 0 unspecified atom stereocenters. The summed E-state index contributed by atoms with van der Waals surface area (Å²) in [7, 11) is -3.72. The highest BCUT2D eigenvalue weighted by atomic mass is 32.2. The normalized spacial score (nSPS) is 17.0. The van der Waals surface area contributed by atoms with Crippen molar-refractivity contribution in [1.29, 1.82) is 5.26 Å². The number of piperazine rings is 1. The van der Waals surface area contributed by atoms with E-state index in [4.69, 9.17) is 5.26 Å². The van der Waals surface area contributed by atoms with E-state index in [0.29, 0.717) is 39.1 Å². The van der Waals surface area contributed by atoms with Gasteiger partial charge < -0.3 is 0 Å². The predicted octanol–water partition coefficient (Wildman–Crippen LogP) is 0.815. The highest BCUT2D eigenvalue weighted by Crippen LogP contribution is 2.21. The smallest absolute Gasteiger partial charge is 0.270 e. The maximum absolute atomic E-state index is 12.5. The van der Waals surface area contributed by atoms with Crippen molar-refractivity contribution in [3.8, 4) is 6.07 Å². The van der Waals surface area contributed by atoms with E-state index in [1.807, 2.05) is 4.90 Å². The number of benzene rings is 1. The number of nitrogens with zero attached hydrogens (tertiary/aromatic N) is 4. The Morgan fingerprint density at radius 1 is 1.27 bits per heavy atom. The van der Waals surface area contributed by atoms with Crippen LogP contribution in [0.4, 0.5) is 5.69 Å². The maximum atomic E-state index is 12.5. The van der Waals surface area contributed by atoms with Crippen LogP contribution in [-0.2, 0) is 10.0 Å². The van der Waals surface area contributed by atoms with E-state index >= 15 is 0 Å². The molecule has 1 heterocycles. The second kappa shape index (κ2) is 6.83. The Kier molecular flexibility index (Phi) is 5.07. The SMILES string of the molecule is N#CCCN1CCN(S(=O)(=O)c2cccc([N+](=O)[O-])c2)CC1. The molecular formula is C13H16N4O4S. The van der Waals surface area contributed by atoms with Crippen LogP contribution in [0.15, 0.2) is 29.2 Å². The fraction of sp³-hybridized carbons (Fsp3) is 0.462. The number of nitriles is 1. The lowest BCUT2D eigenvalue weighted by Gasteiger charge is -2.33. The standard InChI is InChI=1S/C13H16N4O4S/c14-5-2-6-15-7-9-16(10-8-15)22(20,21)13-4-1-3-12(11-13)17(18)19/h1,3-4,11H,2,6-10H2. The van der Waals surface area contributed by atoms with Crippen LogP contribution in [0, 0.1) is 21.4 Å². The maximum Gasteiger partial charge on any atom is 0.270 e. The van der Waals surface area contributed by atoms with Gasteiger partial charge in [-0.3, -0.25) is 15.0 Å². The van der Waals surface area contributed by atoms with Crippen molar-refractivity contribution in [2.24, 2.45) is 0 Å². The minimum absolute atomic E-state index is 0.0628. The third kappa shape index (κ3) is 3.59. The molecule has 0 spiro atoms. The Morgan fingerprint density at radius 2 is 1.95 bits per heavy atom. The van der Waals surface area contributed by atoms with Crippen molar-refractivity contribution >= 4 is 15.7 Å². The fourth-order valence-electron chi connectivity index (χ4n) is 2.31. The number of nitro benzene ring substituents is 1. The van der Waals surface area contributed by atoms with E-state index in [-0.39, 0.29) is 10.6 Å². The molecule has 2 rings (SSSR count). The Bertz CT molecular complexity index is 690. The zero-order valence-electron chi connectivity index (χ0n) is 11.9. The van der Waals surface area contributed by atoms with Crippen molar-refractivity contribution in [3.63, 3.8) is 0 Å². The average Bonchev–Trinajstić information content (AvgIpc) is 2.53. The summed E-state index contributed by atoms with van der Waals surface area (Å²) in [5.74, 6) is 0. The molecule has 0 N–H and O–H groups in total. The summed E-state index contributed by atoms with van der Waals surface area (Å²) in [5, 5.41) is 19.3. The molecule has 0 aromatic heterocycles. The number of rotatable bonds is 5. The number of non-ortho nitro benzene ring substituents is 1. The number of hydrogen-bond donors (Lipinski definition) is 0. The van der Waals surface area contributed by atoms with Gasteiger partial charge in [-0.1, -0.05) is 6.07 Å². The van der Waals surface area contributed by atoms with Crippen molar-refractivity contribution in [2.45, 2.75) is 11.3 Å². The second-order valence-electron chi connectivity index (χ2n) is 4.91. The molecule has 0 saturated carbocycles. The first-order chi connectivity index (χ1) is 10.4. The van der Waals surface area contributed by atoms with Gasteiger partial charge in [-0.25, -0.2) is 8.42 Å². The van der Waals surface area contributed by atoms with Gasteiger partial charge in [0.2, 0.25) is 10.0 Å². The van der Waals surface area contributed by atoms with Crippen molar-refractivity contribution in [1.82, 2.24) is 9.21 Å². The molecule has 0 amide bonds. The van der Waals surface area contributed by atoms with E-state index in [9.17, 15) is 18.5 Å². The van der Waals surface area contributed by atoms with Crippen LogP contribution >= 0.6 is 0 Å². The Hall–Kier alpha value is -2.02. The minimum atomic E-state index is -3.72. The number of hydrogen-bond acceptors (Lipinski definition) is 6. The summed E-state index contributed by atoms with van der Waals surface area (Å²) >= 11 is 0. The highest BCUT2D eigenvalue weighted by Gasteiger charge is 2.29. The lowest BCUT2D eigenvalue weighted by atomic mass is 10.3. The molecule has 1 aliphatic rings. The van der Waals surface area contributed by atoms with Gasteiger partial charge in [0.25, 0.3) is 5.69 Å². The molecule has 22 heavy (non-hydrogen) atoms. The molecule has 8 nitrogen and oxygen atoms in total. The molecule has 0 radical (unpaired) electrons. The zero-order valence-corrected chi connectivity index (χ0v) is 12.7. The molecule has 0 atom stereocenters. The molecule has 1 aromatic carbocycles. The number of sulfonamides is 1. The van der Waals surface area contributed by atoms with Crippen molar-refractivity contribution in [3.05, 3.63) is 34.4 Å². The van der Waals surface area contributed by atoms with Gasteiger partial charge in [-0.05, 0) is 6.07 Å². The Labute approximate surface area is 128 Å². The van der Waals surface area contributed by atoms with Gasteiger partial charge >= 0.3 is 0 Å². The summed E-state index contributed by atoms with van der Waals surface area (Å²) < 4.78 is 26.4. The predicted molar refractivity (Wildman–Crippen MR) is 78.5 cm³/mol. The molecular weight excluding hydrogens is 308 g/mol. The van der Waals surface area contributed by atoms with Crippen LogP contribution in [0.5, 0.6) is 0 Å². The topological polar surface area (TPSA) is 108 Å². The van der Waals surface area contributed by atoms with Gasteiger partial charge in [0.15, 0.2) is 0 Å². The van der Waals surface area contributed by atoms with Crippen molar-refractivity contribution < 1.29 is 13.3 Å². The van der Waals surface area contributed by atoms with E-state index in [1.54, 1.807) is 0 Å². The zero-order chi connectivity index (χ0) is 16.2. The summed E-state index contributed by atoms with van der Waals surface area (Å²) in [6.45, 7) is 2.36. The third-order valence-electron chi connectivity index (χ3n) is 3.54. The molecule has 118 valence electrons. The molecule has 1 aliphatic heterocycles. The van der Waals surface area contributed by atoms with Crippen molar-refractivity contribution in [2.75, 3.05) is 32.7 Å². The van der Waals surface area contributed by atoms with Crippen LogP contribution in [-0.4, -0.2) is 55.3 Å². The van der Waals surface area contributed by atoms with Crippen LogP contribution in [0.2, 0.25) is 0 Å². The summed E-state index contributed by atoms with van der Waals surface area (Å²) in [6, 6.07) is 7.14. The minimum Gasteiger partial charge on any atom is -0.300 e. The van der Waals surface area contributed by atoms with Gasteiger partial charge in [0.1, 0.15) is 0 Å². The van der Waals surface area contributed by atoms with E-state index in [1.165, 1.54) is 22.5 Å². The quantitative estimate of drug-likeness (QED) is 0.586. The largest absolute Gasteiger partial charge is 0.300 e. The lowest BCUT2D eigenvalue weighted by molar-refractivity contribution is -0.385. The summed E-state index contributed by atoms with van der Waals surface area (Å²) in [5.41, 5.74) is -0.242. The Balaban J connectivity index is 2.10.